The topological polar surface area (TPSA) is 67.5 Å². The maximum Gasteiger partial charge on any atom is 0.163 e. The summed E-state index contributed by atoms with van der Waals surface area (Å²) in [6, 6.07) is 11.6. The van der Waals surface area contributed by atoms with Gasteiger partial charge in [-0.25, -0.2) is 9.19 Å². The van der Waals surface area contributed by atoms with Crippen LogP contribution in [0.15, 0.2) is 36.4 Å². The lowest BCUT2D eigenvalue weighted by Crippen LogP contribution is -2.20. The van der Waals surface area contributed by atoms with E-state index in [1.807, 2.05) is 57.3 Å². The van der Waals surface area contributed by atoms with Gasteiger partial charge in [0.15, 0.2) is 17.3 Å². The molecule has 2 aromatic carbocycles. The van der Waals surface area contributed by atoms with Gasteiger partial charge in [-0.1, -0.05) is 18.2 Å². The Hall–Kier alpha value is -2.80. The summed E-state index contributed by atoms with van der Waals surface area (Å²) in [6.45, 7) is 7.84. The van der Waals surface area contributed by atoms with Gasteiger partial charge in [0.25, 0.3) is 0 Å². The highest BCUT2D eigenvalue weighted by atomic mass is 32.1. The molecule has 6 nitrogen and oxygen atoms in total. The lowest BCUT2D eigenvalue weighted by molar-refractivity contribution is 0.288. The predicted octanol–water partition coefficient (Wildman–Crippen LogP) is 3.60. The Labute approximate surface area is 168 Å². The van der Waals surface area contributed by atoms with E-state index in [1.54, 1.807) is 0 Å². The molecule has 0 radical (unpaired) electrons. The molecule has 0 aliphatic carbocycles. The van der Waals surface area contributed by atoms with Crippen molar-refractivity contribution in [3.8, 4) is 11.5 Å². The van der Waals surface area contributed by atoms with Crippen LogP contribution in [-0.2, 0) is 11.3 Å². The van der Waals surface area contributed by atoms with Crippen LogP contribution in [0.1, 0.15) is 32.2 Å². The van der Waals surface area contributed by atoms with E-state index in [1.165, 1.54) is 0 Å². The van der Waals surface area contributed by atoms with Crippen LogP contribution in [0, 0.1) is 0 Å². The number of rotatable bonds is 8. The number of hydrogen-bond acceptors (Lipinski definition) is 5. The molecule has 148 valence electrons. The van der Waals surface area contributed by atoms with Crippen LogP contribution in [0.3, 0.4) is 0 Å². The lowest BCUT2D eigenvalue weighted by atomic mass is 10.1. The largest absolute Gasteiger partial charge is 0.490 e. The van der Waals surface area contributed by atoms with E-state index >= 15 is 0 Å². The third kappa shape index (κ3) is 3.89. The van der Waals surface area contributed by atoms with Crippen molar-refractivity contribution in [2.75, 3.05) is 31.7 Å². The summed E-state index contributed by atoms with van der Waals surface area (Å²) < 4.78 is 23.4. The summed E-state index contributed by atoms with van der Waals surface area (Å²) in [6.07, 6.45) is 0. The SMILES string of the molecule is CCOc1cc2nc(C(=S=O)c3ccccc3N(C)CC)[nH]c2cc1OCC. The Morgan fingerprint density at radius 1 is 1.11 bits per heavy atom. The molecule has 0 unspecified atom stereocenters. The fourth-order valence-corrected chi connectivity index (χ4v) is 3.48. The van der Waals surface area contributed by atoms with Crippen molar-refractivity contribution in [2.24, 2.45) is 0 Å². The van der Waals surface area contributed by atoms with E-state index in [0.29, 0.717) is 46.7 Å². The number of aromatic amines is 1. The van der Waals surface area contributed by atoms with Gasteiger partial charge >= 0.3 is 0 Å². The Bertz CT molecular complexity index is 982. The maximum absolute atomic E-state index is 12.1. The van der Waals surface area contributed by atoms with Gasteiger partial charge in [-0.05, 0) is 26.8 Å². The van der Waals surface area contributed by atoms with E-state index in [9.17, 15) is 4.21 Å². The van der Waals surface area contributed by atoms with Gasteiger partial charge in [-0.2, -0.15) is 0 Å². The summed E-state index contributed by atoms with van der Waals surface area (Å²) in [5, 5.41) is 0. The van der Waals surface area contributed by atoms with Crippen LogP contribution >= 0.6 is 0 Å². The number of nitrogens with one attached hydrogen (secondary N) is 1. The molecule has 0 fully saturated rings. The third-order valence-electron chi connectivity index (χ3n) is 4.48. The molecular formula is C21H25N3O3S. The van der Waals surface area contributed by atoms with Crippen molar-refractivity contribution in [3.63, 3.8) is 0 Å². The predicted molar refractivity (Wildman–Crippen MR) is 115 cm³/mol. The average Bonchev–Trinajstić information content (AvgIpc) is 3.11. The van der Waals surface area contributed by atoms with E-state index in [4.69, 9.17) is 9.47 Å². The summed E-state index contributed by atoms with van der Waals surface area (Å²) in [5.41, 5.74) is 3.39. The quantitative estimate of drug-likeness (QED) is 0.463. The molecule has 0 bridgehead atoms. The molecule has 1 heterocycles. The van der Waals surface area contributed by atoms with Crippen LogP contribution in [0.5, 0.6) is 11.5 Å². The molecule has 3 aromatic rings. The molecule has 28 heavy (non-hydrogen) atoms. The lowest BCUT2D eigenvalue weighted by Gasteiger charge is -2.20. The Morgan fingerprint density at radius 3 is 2.43 bits per heavy atom. The second-order valence-electron chi connectivity index (χ2n) is 6.21. The van der Waals surface area contributed by atoms with E-state index in [2.05, 4.69) is 21.8 Å². The van der Waals surface area contributed by atoms with Gasteiger partial charge in [0.05, 0.1) is 24.2 Å². The van der Waals surface area contributed by atoms with Crippen molar-refractivity contribution >= 4 is 32.8 Å². The Morgan fingerprint density at radius 2 is 1.79 bits per heavy atom. The van der Waals surface area contributed by atoms with Crippen molar-refractivity contribution in [1.29, 1.82) is 0 Å². The van der Waals surface area contributed by atoms with Gasteiger partial charge in [0.1, 0.15) is 16.1 Å². The molecule has 0 aliphatic heterocycles. The number of imidazole rings is 1. The Kier molecular flexibility index (Phi) is 6.36. The molecule has 0 amide bonds. The zero-order valence-corrected chi connectivity index (χ0v) is 17.4. The number of aromatic nitrogens is 2. The number of nitrogens with zero attached hydrogens (tertiary/aromatic N) is 2. The number of fused-ring (bicyclic) bond motifs is 1. The minimum atomic E-state index is 0.446. The van der Waals surface area contributed by atoms with Crippen molar-refractivity contribution in [2.45, 2.75) is 20.8 Å². The van der Waals surface area contributed by atoms with Crippen LogP contribution in [0.2, 0.25) is 0 Å². The van der Waals surface area contributed by atoms with Crippen LogP contribution in [0.25, 0.3) is 11.0 Å². The standard InChI is InChI=1S/C21H25N3O3S/c1-5-24(4)17-11-9-8-10-14(17)20(28-25)21-22-15-12-18(26-6-2)19(27-7-3)13-16(15)23-21/h8-13H,5-7H2,1-4H3,(H,22,23). The number of anilines is 1. The molecule has 3 rings (SSSR count). The van der Waals surface area contributed by atoms with Gasteiger partial charge in [-0.15, -0.1) is 0 Å². The van der Waals surface area contributed by atoms with Crippen molar-refractivity contribution < 1.29 is 13.7 Å². The minimum Gasteiger partial charge on any atom is -0.490 e. The second kappa shape index (κ2) is 8.93. The zero-order chi connectivity index (χ0) is 20.1. The molecule has 1 aromatic heterocycles. The first-order chi connectivity index (χ1) is 13.6. The first-order valence-corrected chi connectivity index (χ1v) is 10.1. The fourth-order valence-electron chi connectivity index (χ4n) is 3.04. The minimum absolute atomic E-state index is 0.446. The number of hydrogen-bond donors (Lipinski definition) is 1. The van der Waals surface area contributed by atoms with Crippen molar-refractivity contribution in [3.05, 3.63) is 47.8 Å². The smallest absolute Gasteiger partial charge is 0.163 e. The zero-order valence-electron chi connectivity index (χ0n) is 16.6. The number of ether oxygens (including phenoxy) is 2. The van der Waals surface area contributed by atoms with E-state index < -0.39 is 0 Å². The average molecular weight is 400 g/mol. The molecule has 0 aliphatic rings. The van der Waals surface area contributed by atoms with Gasteiger partial charge in [0.2, 0.25) is 0 Å². The summed E-state index contributed by atoms with van der Waals surface area (Å²) in [4.78, 5) is 10.6. The molecule has 0 spiro atoms. The Balaban J connectivity index is 2.11. The molecular weight excluding hydrogens is 374 g/mol. The third-order valence-corrected chi connectivity index (χ3v) is 5.06. The summed E-state index contributed by atoms with van der Waals surface area (Å²) >= 11 is 0.446. The fraction of sp³-hybridized carbons (Fsp3) is 0.333. The summed E-state index contributed by atoms with van der Waals surface area (Å²) in [5.74, 6) is 1.86. The second-order valence-corrected chi connectivity index (χ2v) is 6.79. The highest BCUT2D eigenvalue weighted by Crippen LogP contribution is 2.32. The number of benzene rings is 2. The first kappa shape index (κ1) is 19.9. The van der Waals surface area contributed by atoms with Crippen molar-refractivity contribution in [1.82, 2.24) is 9.97 Å². The highest BCUT2D eigenvalue weighted by Gasteiger charge is 2.18. The molecule has 0 saturated carbocycles. The maximum atomic E-state index is 12.1. The first-order valence-electron chi connectivity index (χ1n) is 9.39. The number of H-pyrrole nitrogens is 1. The van der Waals surface area contributed by atoms with Gasteiger partial charge < -0.3 is 19.4 Å². The van der Waals surface area contributed by atoms with Gasteiger partial charge in [-0.3, -0.25) is 0 Å². The molecule has 1 N–H and O–H groups in total. The van der Waals surface area contributed by atoms with Crippen LogP contribution < -0.4 is 14.4 Å². The van der Waals surface area contributed by atoms with E-state index in [-0.39, 0.29) is 0 Å². The normalized spacial score (nSPS) is 10.7. The van der Waals surface area contributed by atoms with Crippen LogP contribution in [0.4, 0.5) is 5.69 Å². The van der Waals surface area contributed by atoms with Gasteiger partial charge in [0, 0.05) is 37.0 Å². The van der Waals surface area contributed by atoms with Crippen LogP contribution in [-0.4, -0.2) is 45.8 Å². The monoisotopic (exact) mass is 399 g/mol. The number of para-hydroxylation sites is 1. The highest BCUT2D eigenvalue weighted by molar-refractivity contribution is 7.67. The molecule has 7 heteroatoms. The molecule has 0 atom stereocenters. The molecule has 0 saturated heterocycles. The van der Waals surface area contributed by atoms with E-state index in [0.717, 1.165) is 28.8 Å². The summed E-state index contributed by atoms with van der Waals surface area (Å²) in [7, 11) is 2.01.